The summed E-state index contributed by atoms with van der Waals surface area (Å²) in [7, 11) is 1.87. The van der Waals surface area contributed by atoms with Crippen LogP contribution in [0.5, 0.6) is 0 Å². The van der Waals surface area contributed by atoms with Gasteiger partial charge in [-0.05, 0) is 32.4 Å². The molecule has 2 rings (SSSR count). The van der Waals surface area contributed by atoms with Crippen LogP contribution >= 0.6 is 0 Å². The quantitative estimate of drug-likeness (QED) is 0.848. The molecular weight excluding hydrogens is 205 g/mol. The maximum atomic E-state index is 13.1. The zero-order valence-electron chi connectivity index (χ0n) is 9.67. The molecule has 0 bridgehead atoms. The minimum atomic E-state index is -0.258. The first-order valence-corrected chi connectivity index (χ1v) is 5.85. The number of aromatic nitrogens is 1. The second-order valence-electron chi connectivity index (χ2n) is 4.21. The Morgan fingerprint density at radius 1 is 1.38 bits per heavy atom. The van der Waals surface area contributed by atoms with E-state index in [0.717, 1.165) is 24.5 Å². The third kappa shape index (κ3) is 2.50. The smallest absolute Gasteiger partial charge is 0.141 e. The molecule has 16 heavy (non-hydrogen) atoms. The summed E-state index contributed by atoms with van der Waals surface area (Å²) in [6.07, 6.45) is 5.01. The number of anilines is 1. The Morgan fingerprint density at radius 3 is 2.81 bits per heavy atom. The van der Waals surface area contributed by atoms with Gasteiger partial charge in [-0.25, -0.2) is 9.37 Å². The summed E-state index contributed by atoms with van der Waals surface area (Å²) >= 11 is 0. The lowest BCUT2D eigenvalue weighted by Gasteiger charge is -2.29. The minimum Gasteiger partial charge on any atom is -0.356 e. The zero-order valence-corrected chi connectivity index (χ0v) is 9.67. The number of rotatable bonds is 3. The number of piperidine rings is 1. The number of nitrogens with one attached hydrogen (secondary N) is 1. The molecule has 88 valence electrons. The predicted molar refractivity (Wildman–Crippen MR) is 63.0 cm³/mol. The Morgan fingerprint density at radius 2 is 2.12 bits per heavy atom. The Labute approximate surface area is 95.7 Å². The Bertz CT molecular complexity index is 348. The van der Waals surface area contributed by atoms with Crippen LogP contribution < -0.4 is 10.2 Å². The van der Waals surface area contributed by atoms with E-state index in [9.17, 15) is 4.39 Å². The van der Waals surface area contributed by atoms with Crippen molar-refractivity contribution in [1.29, 1.82) is 0 Å². The van der Waals surface area contributed by atoms with Crippen LogP contribution in [0.1, 0.15) is 24.8 Å². The van der Waals surface area contributed by atoms with Crippen molar-refractivity contribution in [2.45, 2.75) is 25.8 Å². The van der Waals surface area contributed by atoms with Crippen molar-refractivity contribution in [2.75, 3.05) is 25.0 Å². The summed E-state index contributed by atoms with van der Waals surface area (Å²) in [6, 6.07) is 1.58. The summed E-state index contributed by atoms with van der Waals surface area (Å²) < 4.78 is 13.1. The summed E-state index contributed by atoms with van der Waals surface area (Å²) in [5, 5.41) is 3.06. The van der Waals surface area contributed by atoms with Crippen LogP contribution in [0.4, 0.5) is 10.2 Å². The molecule has 1 N–H and O–H groups in total. The van der Waals surface area contributed by atoms with E-state index >= 15 is 0 Å². The molecule has 0 spiro atoms. The van der Waals surface area contributed by atoms with Crippen molar-refractivity contribution in [1.82, 2.24) is 10.3 Å². The lowest BCUT2D eigenvalue weighted by Crippen LogP contribution is -2.31. The van der Waals surface area contributed by atoms with E-state index in [4.69, 9.17) is 0 Å². The fraction of sp³-hybridized carbons (Fsp3) is 0.583. The SMILES string of the molecule is CNCc1cc(F)cnc1N1CCCCC1. The number of hydrogen-bond donors (Lipinski definition) is 1. The van der Waals surface area contributed by atoms with Crippen molar-refractivity contribution in [2.24, 2.45) is 0 Å². The highest BCUT2D eigenvalue weighted by atomic mass is 19.1. The van der Waals surface area contributed by atoms with Gasteiger partial charge in [0.2, 0.25) is 0 Å². The molecule has 3 nitrogen and oxygen atoms in total. The first-order chi connectivity index (χ1) is 7.81. The van der Waals surface area contributed by atoms with Crippen LogP contribution in [0.25, 0.3) is 0 Å². The molecule has 1 fully saturated rings. The fourth-order valence-electron chi connectivity index (χ4n) is 2.18. The van der Waals surface area contributed by atoms with Crippen molar-refractivity contribution in [3.05, 3.63) is 23.6 Å². The van der Waals surface area contributed by atoms with Crippen LogP contribution in [0.2, 0.25) is 0 Å². The molecule has 1 aromatic rings. The average molecular weight is 223 g/mol. The van der Waals surface area contributed by atoms with Gasteiger partial charge in [0.1, 0.15) is 11.6 Å². The molecule has 1 aromatic heterocycles. The Balaban J connectivity index is 2.23. The molecule has 0 saturated carbocycles. The molecule has 0 atom stereocenters. The van der Waals surface area contributed by atoms with E-state index in [1.54, 1.807) is 6.07 Å². The molecule has 0 aliphatic carbocycles. The Kier molecular flexibility index (Phi) is 3.72. The van der Waals surface area contributed by atoms with Crippen molar-refractivity contribution < 1.29 is 4.39 Å². The molecule has 4 heteroatoms. The predicted octanol–water partition coefficient (Wildman–Crippen LogP) is 1.93. The number of nitrogens with zero attached hydrogens (tertiary/aromatic N) is 2. The van der Waals surface area contributed by atoms with E-state index < -0.39 is 0 Å². The number of halogens is 1. The normalized spacial score (nSPS) is 16.5. The van der Waals surface area contributed by atoms with Crippen molar-refractivity contribution in [3.63, 3.8) is 0 Å². The monoisotopic (exact) mass is 223 g/mol. The van der Waals surface area contributed by atoms with Crippen LogP contribution in [0.3, 0.4) is 0 Å². The lowest BCUT2D eigenvalue weighted by atomic mass is 10.1. The van der Waals surface area contributed by atoms with Crippen LogP contribution in [-0.4, -0.2) is 25.1 Å². The molecule has 0 aromatic carbocycles. The highest BCUT2D eigenvalue weighted by Crippen LogP contribution is 2.22. The first-order valence-electron chi connectivity index (χ1n) is 5.85. The van der Waals surface area contributed by atoms with Gasteiger partial charge in [0.25, 0.3) is 0 Å². The highest BCUT2D eigenvalue weighted by Gasteiger charge is 2.15. The van der Waals surface area contributed by atoms with E-state index in [0.29, 0.717) is 6.54 Å². The minimum absolute atomic E-state index is 0.258. The maximum absolute atomic E-state index is 13.1. The average Bonchev–Trinajstić information content (AvgIpc) is 2.31. The zero-order chi connectivity index (χ0) is 11.4. The molecule has 1 aliphatic rings. The van der Waals surface area contributed by atoms with E-state index in [2.05, 4.69) is 15.2 Å². The van der Waals surface area contributed by atoms with Gasteiger partial charge < -0.3 is 10.2 Å². The number of pyridine rings is 1. The van der Waals surface area contributed by atoms with Gasteiger partial charge in [0, 0.05) is 25.2 Å². The third-order valence-corrected chi connectivity index (χ3v) is 2.93. The van der Waals surface area contributed by atoms with Gasteiger partial charge in [-0.15, -0.1) is 0 Å². The van der Waals surface area contributed by atoms with Gasteiger partial charge >= 0.3 is 0 Å². The van der Waals surface area contributed by atoms with Gasteiger partial charge in [-0.1, -0.05) is 0 Å². The topological polar surface area (TPSA) is 28.2 Å². The largest absolute Gasteiger partial charge is 0.356 e. The molecular formula is C12H18FN3. The van der Waals surface area contributed by atoms with Gasteiger partial charge in [0.05, 0.1) is 6.20 Å². The summed E-state index contributed by atoms with van der Waals surface area (Å²) in [5.74, 6) is 0.682. The second kappa shape index (κ2) is 5.25. The summed E-state index contributed by atoms with van der Waals surface area (Å²) in [5.41, 5.74) is 0.949. The van der Waals surface area contributed by atoms with Crippen LogP contribution in [0.15, 0.2) is 12.3 Å². The second-order valence-corrected chi connectivity index (χ2v) is 4.21. The fourth-order valence-corrected chi connectivity index (χ4v) is 2.18. The Hall–Kier alpha value is -1.16. The van der Waals surface area contributed by atoms with Crippen LogP contribution in [-0.2, 0) is 6.54 Å². The molecule has 0 amide bonds. The van der Waals surface area contributed by atoms with Gasteiger partial charge in [-0.2, -0.15) is 0 Å². The highest BCUT2D eigenvalue weighted by molar-refractivity contribution is 5.47. The molecule has 0 radical (unpaired) electrons. The van der Waals surface area contributed by atoms with Crippen molar-refractivity contribution in [3.8, 4) is 0 Å². The molecule has 2 heterocycles. The van der Waals surface area contributed by atoms with E-state index in [-0.39, 0.29) is 5.82 Å². The molecule has 1 aliphatic heterocycles. The van der Waals surface area contributed by atoms with Crippen LogP contribution in [0, 0.1) is 5.82 Å². The van der Waals surface area contributed by atoms with Crippen molar-refractivity contribution >= 4 is 5.82 Å². The lowest BCUT2D eigenvalue weighted by molar-refractivity contribution is 0.566. The first kappa shape index (κ1) is 11.3. The number of hydrogen-bond acceptors (Lipinski definition) is 3. The maximum Gasteiger partial charge on any atom is 0.141 e. The summed E-state index contributed by atoms with van der Waals surface area (Å²) in [6.45, 7) is 2.74. The van der Waals surface area contributed by atoms with E-state index in [1.165, 1.54) is 25.5 Å². The van der Waals surface area contributed by atoms with Gasteiger partial charge in [0.15, 0.2) is 0 Å². The standard InChI is InChI=1S/C12H18FN3/c1-14-8-10-7-11(13)9-15-12(10)16-5-3-2-4-6-16/h7,9,14H,2-6,8H2,1H3. The third-order valence-electron chi connectivity index (χ3n) is 2.93. The summed E-state index contributed by atoms with van der Waals surface area (Å²) in [4.78, 5) is 6.49. The van der Waals surface area contributed by atoms with E-state index in [1.807, 2.05) is 7.05 Å². The van der Waals surface area contributed by atoms with Gasteiger partial charge in [-0.3, -0.25) is 0 Å². The molecule has 1 saturated heterocycles. The molecule has 0 unspecified atom stereocenters.